The van der Waals surface area contributed by atoms with Crippen LogP contribution in [0.5, 0.6) is 5.75 Å². The minimum absolute atomic E-state index is 0.0777. The maximum atomic E-state index is 12.0. The summed E-state index contributed by atoms with van der Waals surface area (Å²) in [6.45, 7) is 3.90. The van der Waals surface area contributed by atoms with E-state index in [1.165, 1.54) is 7.11 Å². The van der Waals surface area contributed by atoms with Gasteiger partial charge < -0.3 is 10.1 Å². The lowest BCUT2D eigenvalue weighted by molar-refractivity contribution is 0.415. The lowest BCUT2D eigenvalue weighted by atomic mass is 10.3. The van der Waals surface area contributed by atoms with E-state index in [1.54, 1.807) is 18.2 Å². The molecular weight excluding hydrogens is 312 g/mol. The van der Waals surface area contributed by atoms with Crippen molar-refractivity contribution >= 4 is 27.3 Å². The third-order valence-corrected chi connectivity index (χ3v) is 4.57. The van der Waals surface area contributed by atoms with Gasteiger partial charge in [-0.3, -0.25) is 4.72 Å². The van der Waals surface area contributed by atoms with Gasteiger partial charge in [0.2, 0.25) is 10.0 Å². The molecule has 0 radical (unpaired) electrons. The summed E-state index contributed by atoms with van der Waals surface area (Å²) in [6.07, 6.45) is 2.51. The van der Waals surface area contributed by atoms with E-state index in [4.69, 9.17) is 16.3 Å². The van der Waals surface area contributed by atoms with Gasteiger partial charge in [-0.05, 0) is 44.5 Å². The van der Waals surface area contributed by atoms with Crippen LogP contribution in [0.2, 0.25) is 5.02 Å². The van der Waals surface area contributed by atoms with Gasteiger partial charge in [0, 0.05) is 6.07 Å². The fourth-order valence-electron chi connectivity index (χ4n) is 1.77. The lowest BCUT2D eigenvalue weighted by Crippen LogP contribution is -2.20. The molecule has 0 bridgehead atoms. The molecule has 1 aromatic rings. The third-order valence-electron chi connectivity index (χ3n) is 2.88. The average molecular weight is 335 g/mol. The third kappa shape index (κ3) is 7.02. The van der Waals surface area contributed by atoms with Crippen molar-refractivity contribution in [2.45, 2.75) is 26.2 Å². The van der Waals surface area contributed by atoms with Gasteiger partial charge in [0.15, 0.2) is 0 Å². The summed E-state index contributed by atoms with van der Waals surface area (Å²) in [5.41, 5.74) is 0.347. The molecule has 7 heteroatoms. The number of ether oxygens (including phenoxy) is 1. The van der Waals surface area contributed by atoms with Crippen molar-refractivity contribution in [2.75, 3.05) is 30.7 Å². The molecule has 0 aliphatic heterocycles. The summed E-state index contributed by atoms with van der Waals surface area (Å²) >= 11 is 5.99. The molecule has 2 N–H and O–H groups in total. The van der Waals surface area contributed by atoms with Gasteiger partial charge in [0.1, 0.15) is 5.75 Å². The largest absolute Gasteiger partial charge is 0.497 e. The highest BCUT2D eigenvalue weighted by Crippen LogP contribution is 2.27. The van der Waals surface area contributed by atoms with E-state index in [-0.39, 0.29) is 5.75 Å². The van der Waals surface area contributed by atoms with Crippen LogP contribution in [-0.4, -0.2) is 34.4 Å². The Kier molecular flexibility index (Phi) is 7.85. The number of benzene rings is 1. The number of hydrogen-bond acceptors (Lipinski definition) is 4. The molecule has 0 aliphatic rings. The zero-order valence-corrected chi connectivity index (χ0v) is 14.1. The van der Waals surface area contributed by atoms with E-state index in [9.17, 15) is 8.42 Å². The molecule has 0 spiro atoms. The van der Waals surface area contributed by atoms with E-state index in [1.807, 2.05) is 0 Å². The van der Waals surface area contributed by atoms with Crippen molar-refractivity contribution in [3.05, 3.63) is 23.2 Å². The Balaban J connectivity index is 2.48. The van der Waals surface area contributed by atoms with Gasteiger partial charge in [-0.15, -0.1) is 0 Å². The van der Waals surface area contributed by atoms with Crippen molar-refractivity contribution in [1.82, 2.24) is 5.32 Å². The number of hydrogen-bond donors (Lipinski definition) is 2. The fraction of sp³-hybridized carbons (Fsp3) is 0.571. The minimum atomic E-state index is -3.39. The molecule has 0 amide bonds. The standard InChI is InChI=1S/C14H23ClN2O3S/c1-3-8-16-9-4-5-10-21(18,19)17-14-11-12(20-2)6-7-13(14)15/h6-7,11,16-17H,3-5,8-10H2,1-2H3. The van der Waals surface area contributed by atoms with Crippen LogP contribution in [0.3, 0.4) is 0 Å². The Morgan fingerprint density at radius 1 is 1.24 bits per heavy atom. The monoisotopic (exact) mass is 334 g/mol. The van der Waals surface area contributed by atoms with Gasteiger partial charge in [0.05, 0.1) is 23.6 Å². The van der Waals surface area contributed by atoms with Crippen LogP contribution in [0.4, 0.5) is 5.69 Å². The Labute approximate surface area is 132 Å². The molecule has 1 rings (SSSR count). The molecule has 1 aromatic carbocycles. The topological polar surface area (TPSA) is 67.4 Å². The average Bonchev–Trinajstić information content (AvgIpc) is 2.45. The molecule has 0 unspecified atom stereocenters. The Bertz CT molecular complexity index is 535. The number of sulfonamides is 1. The Morgan fingerprint density at radius 2 is 2.00 bits per heavy atom. The summed E-state index contributed by atoms with van der Waals surface area (Å²) in [4.78, 5) is 0. The van der Waals surface area contributed by atoms with Crippen molar-refractivity contribution < 1.29 is 13.2 Å². The van der Waals surface area contributed by atoms with E-state index < -0.39 is 10.0 Å². The maximum Gasteiger partial charge on any atom is 0.232 e. The SMILES string of the molecule is CCCNCCCCS(=O)(=O)Nc1cc(OC)ccc1Cl. The van der Waals surface area contributed by atoms with E-state index in [0.717, 1.165) is 25.9 Å². The van der Waals surface area contributed by atoms with E-state index in [0.29, 0.717) is 22.9 Å². The van der Waals surface area contributed by atoms with Crippen LogP contribution in [0.1, 0.15) is 26.2 Å². The molecule has 0 saturated carbocycles. The Morgan fingerprint density at radius 3 is 2.67 bits per heavy atom. The summed E-state index contributed by atoms with van der Waals surface area (Å²) in [7, 11) is -1.87. The highest BCUT2D eigenvalue weighted by Gasteiger charge is 2.13. The molecule has 21 heavy (non-hydrogen) atoms. The molecule has 0 heterocycles. The quantitative estimate of drug-likeness (QED) is 0.646. The first-order chi connectivity index (χ1) is 9.98. The smallest absolute Gasteiger partial charge is 0.232 e. The summed E-state index contributed by atoms with van der Waals surface area (Å²) in [5, 5.41) is 3.59. The molecule has 5 nitrogen and oxygen atoms in total. The first-order valence-corrected chi connectivity index (χ1v) is 9.06. The zero-order chi connectivity index (χ0) is 15.7. The van der Waals surface area contributed by atoms with Gasteiger partial charge >= 0.3 is 0 Å². The second kappa shape index (κ2) is 9.12. The first kappa shape index (κ1) is 18.1. The summed E-state index contributed by atoms with van der Waals surface area (Å²) in [6, 6.07) is 4.86. The highest BCUT2D eigenvalue weighted by molar-refractivity contribution is 7.92. The fourth-order valence-corrected chi connectivity index (χ4v) is 3.18. The predicted octanol–water partition coefficient (Wildman–Crippen LogP) is 2.87. The van der Waals surface area contributed by atoms with Gasteiger partial charge in [0.25, 0.3) is 0 Å². The molecule has 0 aliphatic carbocycles. The van der Waals surface area contributed by atoms with Gasteiger partial charge in [-0.1, -0.05) is 18.5 Å². The van der Waals surface area contributed by atoms with E-state index in [2.05, 4.69) is 17.0 Å². The van der Waals surface area contributed by atoms with Crippen LogP contribution >= 0.6 is 11.6 Å². The molecule has 0 saturated heterocycles. The van der Waals surface area contributed by atoms with Crippen molar-refractivity contribution in [2.24, 2.45) is 0 Å². The lowest BCUT2D eigenvalue weighted by Gasteiger charge is -2.11. The number of nitrogens with one attached hydrogen (secondary N) is 2. The first-order valence-electron chi connectivity index (χ1n) is 7.03. The second-order valence-electron chi connectivity index (χ2n) is 4.72. The maximum absolute atomic E-state index is 12.0. The molecule has 0 atom stereocenters. The van der Waals surface area contributed by atoms with Crippen LogP contribution in [-0.2, 0) is 10.0 Å². The molecular formula is C14H23ClN2O3S. The second-order valence-corrected chi connectivity index (χ2v) is 6.97. The predicted molar refractivity (Wildman–Crippen MR) is 87.8 cm³/mol. The van der Waals surface area contributed by atoms with Gasteiger partial charge in [-0.25, -0.2) is 8.42 Å². The molecule has 0 fully saturated rings. The van der Waals surface area contributed by atoms with E-state index >= 15 is 0 Å². The number of rotatable bonds is 10. The van der Waals surface area contributed by atoms with Crippen molar-refractivity contribution in [3.8, 4) is 5.75 Å². The normalized spacial score (nSPS) is 11.4. The molecule has 120 valence electrons. The van der Waals surface area contributed by atoms with Crippen LogP contribution in [0, 0.1) is 0 Å². The number of methoxy groups -OCH3 is 1. The summed E-state index contributed by atoms with van der Waals surface area (Å²) in [5.74, 6) is 0.634. The highest BCUT2D eigenvalue weighted by atomic mass is 35.5. The number of unbranched alkanes of at least 4 members (excludes halogenated alkanes) is 1. The molecule has 0 aromatic heterocycles. The minimum Gasteiger partial charge on any atom is -0.497 e. The van der Waals surface area contributed by atoms with Crippen LogP contribution in [0.15, 0.2) is 18.2 Å². The van der Waals surface area contributed by atoms with Crippen LogP contribution < -0.4 is 14.8 Å². The van der Waals surface area contributed by atoms with Crippen molar-refractivity contribution in [3.63, 3.8) is 0 Å². The summed E-state index contributed by atoms with van der Waals surface area (Å²) < 4.78 is 31.6. The number of halogens is 1. The zero-order valence-electron chi connectivity index (χ0n) is 12.5. The van der Waals surface area contributed by atoms with Gasteiger partial charge in [-0.2, -0.15) is 0 Å². The van der Waals surface area contributed by atoms with Crippen LogP contribution in [0.25, 0.3) is 0 Å². The van der Waals surface area contributed by atoms with Crippen molar-refractivity contribution in [1.29, 1.82) is 0 Å². The number of anilines is 1. The Hall–Kier alpha value is -0.980.